The molecule has 25 heavy (non-hydrogen) atoms. The van der Waals surface area contributed by atoms with Crippen molar-refractivity contribution in [3.8, 4) is 11.5 Å². The summed E-state index contributed by atoms with van der Waals surface area (Å²) < 4.78 is 10.5. The second-order valence-electron chi connectivity index (χ2n) is 5.43. The van der Waals surface area contributed by atoms with Crippen LogP contribution in [0.3, 0.4) is 0 Å². The van der Waals surface area contributed by atoms with Gasteiger partial charge in [0.15, 0.2) is 11.5 Å². The number of nitrogens with zero attached hydrogens (tertiary/aromatic N) is 1. The Balaban J connectivity index is 1.55. The van der Waals surface area contributed by atoms with Gasteiger partial charge in [0.05, 0.1) is 16.2 Å². The van der Waals surface area contributed by atoms with Crippen molar-refractivity contribution in [2.24, 2.45) is 0 Å². The predicted octanol–water partition coefficient (Wildman–Crippen LogP) is 4.27. The molecule has 1 aliphatic rings. The molecular weight excluding hydrogens is 340 g/mol. The van der Waals surface area contributed by atoms with Crippen LogP contribution in [0.5, 0.6) is 11.5 Å². The molecule has 2 aromatic carbocycles. The summed E-state index contributed by atoms with van der Waals surface area (Å²) in [5, 5.41) is 4.15. The van der Waals surface area contributed by atoms with Crippen molar-refractivity contribution < 1.29 is 14.3 Å². The molecule has 0 atom stereocenters. The number of ether oxygens (including phenoxy) is 2. The summed E-state index contributed by atoms with van der Waals surface area (Å²) in [6, 6.07) is 12.9. The summed E-state index contributed by atoms with van der Waals surface area (Å²) in [6.07, 6.45) is 4.90. The van der Waals surface area contributed by atoms with Gasteiger partial charge in [-0.1, -0.05) is 35.9 Å². The molecular formula is C19H13ClN2O3. The molecule has 124 valence electrons. The highest BCUT2D eigenvalue weighted by Crippen LogP contribution is 2.39. The van der Waals surface area contributed by atoms with Gasteiger partial charge in [-0.05, 0) is 12.1 Å². The number of hydrogen-bond acceptors (Lipinski definition) is 4. The number of fused-ring (bicyclic) bond motifs is 2. The number of carbonyl (C=O) groups excluding carboxylic acids is 1. The Morgan fingerprint density at radius 1 is 1.16 bits per heavy atom. The zero-order chi connectivity index (χ0) is 17.2. The van der Waals surface area contributed by atoms with Crippen molar-refractivity contribution in [2.45, 2.75) is 0 Å². The lowest BCUT2D eigenvalue weighted by Crippen LogP contribution is -2.08. The molecule has 0 aliphatic carbocycles. The van der Waals surface area contributed by atoms with E-state index in [2.05, 4.69) is 10.3 Å². The Labute approximate surface area is 148 Å². The fraction of sp³-hybridized carbons (Fsp3) is 0.0526. The van der Waals surface area contributed by atoms with E-state index in [0.29, 0.717) is 22.2 Å². The zero-order valence-electron chi connectivity index (χ0n) is 13.0. The molecule has 1 amide bonds. The number of halogens is 1. The Bertz CT molecular complexity index is 996. The number of amides is 1. The summed E-state index contributed by atoms with van der Waals surface area (Å²) in [6.45, 7) is 0.150. The number of hydrogen-bond donors (Lipinski definition) is 1. The average Bonchev–Trinajstić information content (AvgIpc) is 3.07. The second kappa shape index (κ2) is 6.45. The van der Waals surface area contributed by atoms with E-state index in [1.165, 1.54) is 6.08 Å². The van der Waals surface area contributed by atoms with Gasteiger partial charge in [0.2, 0.25) is 12.7 Å². The normalized spacial score (nSPS) is 12.7. The van der Waals surface area contributed by atoms with Crippen molar-refractivity contribution >= 4 is 40.2 Å². The molecule has 6 heteroatoms. The summed E-state index contributed by atoms with van der Waals surface area (Å²) >= 11 is 6.16. The first kappa shape index (κ1) is 15.5. The van der Waals surface area contributed by atoms with E-state index in [1.54, 1.807) is 24.4 Å². The number of pyridine rings is 1. The highest BCUT2D eigenvalue weighted by Gasteiger charge is 2.17. The fourth-order valence-corrected chi connectivity index (χ4v) is 2.82. The number of para-hydroxylation sites is 1. The molecule has 1 aromatic heterocycles. The first-order valence-corrected chi connectivity index (χ1v) is 8.00. The van der Waals surface area contributed by atoms with E-state index >= 15 is 0 Å². The minimum absolute atomic E-state index is 0.150. The molecule has 0 unspecified atom stereocenters. The molecule has 0 saturated carbocycles. The molecule has 2 heterocycles. The Morgan fingerprint density at radius 3 is 2.84 bits per heavy atom. The maximum absolute atomic E-state index is 12.2. The number of anilines is 1. The molecule has 0 bridgehead atoms. The third-order valence-corrected chi connectivity index (χ3v) is 4.11. The van der Waals surface area contributed by atoms with Crippen LogP contribution >= 0.6 is 11.6 Å². The van der Waals surface area contributed by atoms with Crippen molar-refractivity contribution in [2.75, 3.05) is 12.1 Å². The van der Waals surface area contributed by atoms with Crippen LogP contribution in [-0.4, -0.2) is 17.7 Å². The molecule has 1 aliphatic heterocycles. The summed E-state index contributed by atoms with van der Waals surface area (Å²) in [4.78, 5) is 16.6. The van der Waals surface area contributed by atoms with Gasteiger partial charge in [0.25, 0.3) is 0 Å². The van der Waals surface area contributed by atoms with Gasteiger partial charge >= 0.3 is 0 Å². The lowest BCUT2D eigenvalue weighted by Gasteiger charge is -2.06. The predicted molar refractivity (Wildman–Crippen MR) is 97.0 cm³/mol. The summed E-state index contributed by atoms with van der Waals surface area (Å²) in [7, 11) is 0. The number of aromatic nitrogens is 1. The molecule has 1 N–H and O–H groups in total. The third kappa shape index (κ3) is 3.14. The zero-order valence-corrected chi connectivity index (χ0v) is 13.8. The number of nitrogens with one attached hydrogen (secondary N) is 1. The maximum Gasteiger partial charge on any atom is 0.248 e. The Kier molecular flexibility index (Phi) is 3.99. The van der Waals surface area contributed by atoms with Gasteiger partial charge in [-0.2, -0.15) is 0 Å². The monoisotopic (exact) mass is 352 g/mol. The van der Waals surface area contributed by atoms with Gasteiger partial charge in [-0.15, -0.1) is 0 Å². The van der Waals surface area contributed by atoms with Crippen LogP contribution in [-0.2, 0) is 4.79 Å². The Morgan fingerprint density at radius 2 is 1.96 bits per heavy atom. The van der Waals surface area contributed by atoms with E-state index in [0.717, 1.165) is 16.5 Å². The average molecular weight is 353 g/mol. The van der Waals surface area contributed by atoms with Gasteiger partial charge < -0.3 is 14.8 Å². The van der Waals surface area contributed by atoms with Crippen LogP contribution in [0.2, 0.25) is 5.02 Å². The lowest BCUT2D eigenvalue weighted by atomic mass is 10.1. The fourth-order valence-electron chi connectivity index (χ4n) is 2.62. The smallest absolute Gasteiger partial charge is 0.248 e. The topological polar surface area (TPSA) is 60.5 Å². The van der Waals surface area contributed by atoms with Gasteiger partial charge in [-0.3, -0.25) is 9.78 Å². The minimum atomic E-state index is -0.298. The first-order valence-electron chi connectivity index (χ1n) is 7.63. The van der Waals surface area contributed by atoms with Crippen LogP contribution in [0, 0.1) is 0 Å². The maximum atomic E-state index is 12.2. The summed E-state index contributed by atoms with van der Waals surface area (Å²) in [5.74, 6) is 0.830. The largest absolute Gasteiger partial charge is 0.454 e. The van der Waals surface area contributed by atoms with Crippen LogP contribution < -0.4 is 14.8 Å². The standard InChI is InChI=1S/C19H13ClN2O3/c20-14-9-16-17(25-11-24-16)10-15(14)22-18(23)7-6-13-4-1-3-12-5-2-8-21-19(12)13/h1-10H,11H2,(H,22,23)/b7-6+. The second-order valence-corrected chi connectivity index (χ2v) is 5.84. The first-order chi connectivity index (χ1) is 12.2. The van der Waals surface area contributed by atoms with Crippen molar-refractivity contribution in [1.82, 2.24) is 4.98 Å². The highest BCUT2D eigenvalue weighted by atomic mass is 35.5. The van der Waals surface area contributed by atoms with Crippen LogP contribution in [0.25, 0.3) is 17.0 Å². The van der Waals surface area contributed by atoms with Crippen molar-refractivity contribution in [3.63, 3.8) is 0 Å². The van der Waals surface area contributed by atoms with E-state index in [1.807, 2.05) is 30.3 Å². The minimum Gasteiger partial charge on any atom is -0.454 e. The van der Waals surface area contributed by atoms with Crippen LogP contribution in [0.4, 0.5) is 5.69 Å². The van der Waals surface area contributed by atoms with E-state index in [4.69, 9.17) is 21.1 Å². The SMILES string of the molecule is O=C(/C=C/c1cccc2cccnc12)Nc1cc2c(cc1Cl)OCO2. The quantitative estimate of drug-likeness (QED) is 0.715. The van der Waals surface area contributed by atoms with Gasteiger partial charge in [0, 0.05) is 35.4 Å². The lowest BCUT2D eigenvalue weighted by molar-refractivity contribution is -0.111. The van der Waals surface area contributed by atoms with Crippen molar-refractivity contribution in [1.29, 1.82) is 0 Å². The van der Waals surface area contributed by atoms with Crippen molar-refractivity contribution in [3.05, 3.63) is 65.3 Å². The van der Waals surface area contributed by atoms with E-state index in [-0.39, 0.29) is 12.7 Å². The molecule has 5 nitrogen and oxygen atoms in total. The molecule has 0 radical (unpaired) electrons. The van der Waals surface area contributed by atoms with Gasteiger partial charge in [0.1, 0.15) is 0 Å². The third-order valence-electron chi connectivity index (χ3n) is 3.80. The number of rotatable bonds is 3. The van der Waals surface area contributed by atoms with Crippen LogP contribution in [0.15, 0.2) is 54.7 Å². The highest BCUT2D eigenvalue weighted by molar-refractivity contribution is 6.34. The Hall–Kier alpha value is -3.05. The van der Waals surface area contributed by atoms with Gasteiger partial charge in [-0.25, -0.2) is 0 Å². The molecule has 0 spiro atoms. The molecule has 3 aromatic rings. The molecule has 0 saturated heterocycles. The molecule has 4 rings (SSSR count). The van der Waals surface area contributed by atoms with E-state index < -0.39 is 0 Å². The number of carbonyl (C=O) groups is 1. The molecule has 0 fully saturated rings. The summed E-state index contributed by atoms with van der Waals surface area (Å²) in [5.41, 5.74) is 2.18. The van der Waals surface area contributed by atoms with E-state index in [9.17, 15) is 4.79 Å². The van der Waals surface area contributed by atoms with Crippen LogP contribution in [0.1, 0.15) is 5.56 Å². The number of benzene rings is 2.